The van der Waals surface area contributed by atoms with E-state index in [4.69, 9.17) is 19.5 Å². The van der Waals surface area contributed by atoms with E-state index in [2.05, 4.69) is 19.6 Å². The number of aliphatic hydroxyl groups excluding tert-OH is 1. The molecule has 6 fully saturated rings. The van der Waals surface area contributed by atoms with Crippen molar-refractivity contribution in [2.45, 2.75) is 83.7 Å². The Bertz CT molecular complexity index is 774. The summed E-state index contributed by atoms with van der Waals surface area (Å²) in [6.45, 7) is 11.8. The van der Waals surface area contributed by atoms with Gasteiger partial charge >= 0.3 is 0 Å². The third-order valence-electron chi connectivity index (χ3n) is 9.84. The maximum Gasteiger partial charge on any atom is 0.163 e. The van der Waals surface area contributed by atoms with Gasteiger partial charge < -0.3 is 19.3 Å². The van der Waals surface area contributed by atoms with Crippen LogP contribution in [0.4, 0.5) is 0 Å². The van der Waals surface area contributed by atoms with Gasteiger partial charge in [-0.25, -0.2) is 0 Å². The van der Waals surface area contributed by atoms with Crippen LogP contribution >= 0.6 is 0 Å². The largest absolute Gasteiger partial charge is 0.396 e. The third-order valence-corrected chi connectivity index (χ3v) is 9.84. The molecule has 1 aliphatic heterocycles. The average molecular weight is 416 g/mol. The summed E-state index contributed by atoms with van der Waals surface area (Å²) in [4.78, 5) is 0. The highest BCUT2D eigenvalue weighted by molar-refractivity contribution is 5.30. The van der Waals surface area contributed by atoms with E-state index in [0.29, 0.717) is 24.4 Å². The van der Waals surface area contributed by atoms with Gasteiger partial charge in [0.2, 0.25) is 0 Å². The SMILES string of the molecule is C=C1[C@H]2CC[C@@]34C(C2)[C@]2(COCC#N)CCC[C@@](C)(CO)C2C[C@H]3OC(C)(C)O[C@@H]14. The number of fused-ring (bicyclic) bond motifs is 2. The molecule has 2 bridgehead atoms. The predicted molar refractivity (Wildman–Crippen MR) is 112 cm³/mol. The van der Waals surface area contributed by atoms with Gasteiger partial charge in [0.05, 0.1) is 24.9 Å². The van der Waals surface area contributed by atoms with Gasteiger partial charge in [-0.1, -0.05) is 19.9 Å². The van der Waals surface area contributed by atoms with E-state index in [9.17, 15) is 5.11 Å². The first-order valence-electron chi connectivity index (χ1n) is 11.8. The van der Waals surface area contributed by atoms with Crippen LogP contribution in [0.2, 0.25) is 0 Å². The number of hydrogen-bond acceptors (Lipinski definition) is 5. The number of ether oxygens (including phenoxy) is 3. The van der Waals surface area contributed by atoms with Crippen molar-refractivity contribution in [1.82, 2.24) is 0 Å². The van der Waals surface area contributed by atoms with Crippen LogP contribution in [-0.2, 0) is 14.2 Å². The van der Waals surface area contributed by atoms with Crippen LogP contribution in [0.5, 0.6) is 0 Å². The number of rotatable bonds is 4. The highest BCUT2D eigenvalue weighted by atomic mass is 16.7. The Morgan fingerprint density at radius 1 is 1.17 bits per heavy atom. The number of hydrogen-bond donors (Lipinski definition) is 1. The lowest BCUT2D eigenvalue weighted by Gasteiger charge is -2.74. The Morgan fingerprint density at radius 3 is 2.70 bits per heavy atom. The standard InChI is InChI=1S/C25H37NO4/c1-16-17-6-9-25-19(12-17)24(15-28-11-10-26)8-5-7-23(4,14-27)18(24)13-20(25)29-22(2,3)30-21(16)25/h17-21,27H,1,5-9,11-15H2,2-4H3/t17-,18?,19?,20+,21-,23-,24-,25+/m0/s1. The molecule has 6 rings (SSSR count). The van der Waals surface area contributed by atoms with E-state index in [1.165, 1.54) is 12.0 Å². The number of nitriles is 1. The topological polar surface area (TPSA) is 71.7 Å². The van der Waals surface area contributed by atoms with Gasteiger partial charge in [-0.2, -0.15) is 5.26 Å². The van der Waals surface area contributed by atoms with Crippen LogP contribution in [0.15, 0.2) is 12.2 Å². The molecule has 0 radical (unpaired) electrons. The molecular weight excluding hydrogens is 378 g/mol. The maximum absolute atomic E-state index is 10.5. The zero-order chi connectivity index (χ0) is 21.4. The molecule has 5 heteroatoms. The van der Waals surface area contributed by atoms with Gasteiger partial charge in [0, 0.05) is 17.4 Å². The molecule has 1 N–H and O–H groups in total. The molecule has 166 valence electrons. The smallest absolute Gasteiger partial charge is 0.163 e. The molecule has 5 aliphatic carbocycles. The van der Waals surface area contributed by atoms with Crippen molar-refractivity contribution >= 4 is 0 Å². The van der Waals surface area contributed by atoms with Gasteiger partial charge in [-0.05, 0) is 81.1 Å². The first-order chi connectivity index (χ1) is 14.2. The zero-order valence-corrected chi connectivity index (χ0v) is 18.8. The summed E-state index contributed by atoms with van der Waals surface area (Å²) in [5, 5.41) is 19.6. The minimum Gasteiger partial charge on any atom is -0.396 e. The summed E-state index contributed by atoms with van der Waals surface area (Å²) in [6.07, 6.45) is 7.75. The molecule has 0 aromatic carbocycles. The molecule has 0 aromatic heterocycles. The van der Waals surface area contributed by atoms with Crippen molar-refractivity contribution < 1.29 is 19.3 Å². The molecule has 5 nitrogen and oxygen atoms in total. The van der Waals surface area contributed by atoms with Crippen molar-refractivity contribution in [2.24, 2.45) is 34.0 Å². The number of aliphatic hydroxyl groups is 1. The fourth-order valence-electron chi connectivity index (χ4n) is 8.73. The maximum atomic E-state index is 10.5. The van der Waals surface area contributed by atoms with Crippen molar-refractivity contribution in [1.29, 1.82) is 5.26 Å². The molecule has 6 aliphatic rings. The Morgan fingerprint density at radius 2 is 1.97 bits per heavy atom. The van der Waals surface area contributed by atoms with Gasteiger partial charge in [0.15, 0.2) is 5.79 Å². The lowest BCUT2D eigenvalue weighted by atomic mass is 9.35. The summed E-state index contributed by atoms with van der Waals surface area (Å²) < 4.78 is 19.3. The summed E-state index contributed by atoms with van der Waals surface area (Å²) in [5.74, 6) is 0.618. The minimum absolute atomic E-state index is 0.0328. The quantitative estimate of drug-likeness (QED) is 0.550. The molecule has 2 unspecified atom stereocenters. The molecule has 1 spiro atoms. The van der Waals surface area contributed by atoms with Crippen LogP contribution < -0.4 is 0 Å². The summed E-state index contributed by atoms with van der Waals surface area (Å²) in [5.41, 5.74) is 1.05. The number of nitrogens with zero attached hydrogens (tertiary/aromatic N) is 1. The second-order valence-corrected chi connectivity index (χ2v) is 11.6. The van der Waals surface area contributed by atoms with Gasteiger partial charge in [-0.3, -0.25) is 0 Å². The van der Waals surface area contributed by atoms with Gasteiger partial charge in [0.1, 0.15) is 6.61 Å². The average Bonchev–Trinajstić information content (AvgIpc) is 2.71. The van der Waals surface area contributed by atoms with E-state index in [1.54, 1.807) is 0 Å². The Labute approximate surface area is 180 Å². The Hall–Kier alpha value is -0.930. The Kier molecular flexibility index (Phi) is 4.74. The monoisotopic (exact) mass is 415 g/mol. The van der Waals surface area contributed by atoms with Crippen molar-refractivity contribution in [3.05, 3.63) is 12.2 Å². The molecule has 5 saturated carbocycles. The van der Waals surface area contributed by atoms with E-state index in [1.807, 2.05) is 13.8 Å². The highest BCUT2D eigenvalue weighted by Crippen LogP contribution is 2.74. The summed E-state index contributed by atoms with van der Waals surface area (Å²) in [7, 11) is 0. The first kappa shape index (κ1) is 20.9. The summed E-state index contributed by atoms with van der Waals surface area (Å²) >= 11 is 0. The van der Waals surface area contributed by atoms with Crippen LogP contribution in [0, 0.1) is 45.3 Å². The van der Waals surface area contributed by atoms with Gasteiger partial charge in [-0.15, -0.1) is 0 Å². The molecule has 8 atom stereocenters. The second-order valence-electron chi connectivity index (χ2n) is 11.6. The Balaban J connectivity index is 1.64. The lowest BCUT2D eigenvalue weighted by Crippen LogP contribution is -2.75. The molecule has 1 saturated heterocycles. The third kappa shape index (κ3) is 2.60. The molecule has 30 heavy (non-hydrogen) atoms. The first-order valence-corrected chi connectivity index (χ1v) is 11.8. The van der Waals surface area contributed by atoms with Crippen LogP contribution in [0.1, 0.15) is 65.7 Å². The van der Waals surface area contributed by atoms with Crippen LogP contribution in [0.25, 0.3) is 0 Å². The van der Waals surface area contributed by atoms with Crippen molar-refractivity contribution in [2.75, 3.05) is 19.8 Å². The predicted octanol–water partition coefficient (Wildman–Crippen LogP) is 4.21. The van der Waals surface area contributed by atoms with Crippen molar-refractivity contribution in [3.8, 4) is 6.07 Å². The van der Waals surface area contributed by atoms with E-state index in [0.717, 1.165) is 38.5 Å². The van der Waals surface area contributed by atoms with Crippen LogP contribution in [0.3, 0.4) is 0 Å². The van der Waals surface area contributed by atoms with Gasteiger partial charge in [0.25, 0.3) is 0 Å². The normalized spacial score (nSPS) is 51.0. The minimum atomic E-state index is -0.618. The molecule has 0 amide bonds. The summed E-state index contributed by atoms with van der Waals surface area (Å²) in [6, 6.07) is 2.16. The highest BCUT2D eigenvalue weighted by Gasteiger charge is 2.74. The van der Waals surface area contributed by atoms with E-state index >= 15 is 0 Å². The fourth-order valence-corrected chi connectivity index (χ4v) is 8.73. The zero-order valence-electron chi connectivity index (χ0n) is 18.8. The van der Waals surface area contributed by atoms with Crippen molar-refractivity contribution in [3.63, 3.8) is 0 Å². The van der Waals surface area contributed by atoms with E-state index in [-0.39, 0.29) is 41.7 Å². The second kappa shape index (κ2) is 6.78. The van der Waals surface area contributed by atoms with E-state index < -0.39 is 5.79 Å². The van der Waals surface area contributed by atoms with Crippen LogP contribution in [-0.4, -0.2) is 42.9 Å². The molecule has 1 heterocycles. The molecular formula is C25H37NO4. The molecule has 0 aromatic rings. The fraction of sp³-hybridized carbons (Fsp3) is 0.880. The lowest BCUT2D eigenvalue weighted by molar-refractivity contribution is -0.397.